The Balaban J connectivity index is 2.36. The summed E-state index contributed by atoms with van der Waals surface area (Å²) in [5, 5.41) is 8.95. The molecule has 0 saturated carbocycles. The third-order valence-electron chi connectivity index (χ3n) is 3.13. The van der Waals surface area contributed by atoms with E-state index in [1.165, 1.54) is 4.31 Å². The molecule has 1 heterocycles. The fourth-order valence-corrected chi connectivity index (χ4v) is 3.96. The zero-order chi connectivity index (χ0) is 14.9. The Kier molecular flexibility index (Phi) is 4.01. The zero-order valence-electron chi connectivity index (χ0n) is 11.4. The minimum Gasteiger partial charge on any atom is -0.481 e. The van der Waals surface area contributed by atoms with Crippen LogP contribution in [0.1, 0.15) is 31.7 Å². The largest absolute Gasteiger partial charge is 0.481 e. The molecule has 0 aliphatic carbocycles. The number of aliphatic carboxylic acids is 1. The van der Waals surface area contributed by atoms with E-state index in [2.05, 4.69) is 4.72 Å². The van der Waals surface area contributed by atoms with Crippen molar-refractivity contribution in [3.63, 3.8) is 0 Å². The second kappa shape index (κ2) is 5.41. The van der Waals surface area contributed by atoms with Crippen LogP contribution in [0.15, 0.2) is 24.3 Å². The van der Waals surface area contributed by atoms with Gasteiger partial charge in [-0.25, -0.2) is 0 Å². The van der Waals surface area contributed by atoms with Crippen molar-refractivity contribution in [2.24, 2.45) is 0 Å². The van der Waals surface area contributed by atoms with E-state index in [0.717, 1.165) is 5.56 Å². The van der Waals surface area contributed by atoms with Gasteiger partial charge in [-0.1, -0.05) is 18.2 Å². The maximum Gasteiger partial charge on any atom is 0.304 e. The second-order valence-electron chi connectivity index (χ2n) is 5.16. The highest BCUT2D eigenvalue weighted by Crippen LogP contribution is 2.39. The molecule has 2 N–H and O–H groups in total. The van der Waals surface area contributed by atoms with Crippen molar-refractivity contribution < 1.29 is 18.3 Å². The van der Waals surface area contributed by atoms with Crippen molar-refractivity contribution in [2.75, 3.05) is 10.8 Å². The number of carbonyl (C=O) groups is 1. The summed E-state index contributed by atoms with van der Waals surface area (Å²) in [6, 6.07) is 6.81. The number of hydrogen-bond acceptors (Lipinski definition) is 3. The number of nitrogens with one attached hydrogen (secondary N) is 1. The molecule has 1 atom stereocenters. The molecule has 0 bridgehead atoms. The van der Waals surface area contributed by atoms with Crippen LogP contribution in [0, 0.1) is 0 Å². The molecule has 1 aromatic carbocycles. The Bertz CT molecular complexity index is 613. The van der Waals surface area contributed by atoms with Gasteiger partial charge in [0.05, 0.1) is 12.1 Å². The zero-order valence-corrected chi connectivity index (χ0v) is 12.2. The van der Waals surface area contributed by atoms with Gasteiger partial charge in [0.1, 0.15) is 0 Å². The lowest BCUT2D eigenvalue weighted by Crippen LogP contribution is -2.43. The highest BCUT2D eigenvalue weighted by molar-refractivity contribution is 7.90. The Labute approximate surface area is 118 Å². The summed E-state index contributed by atoms with van der Waals surface area (Å²) in [5.41, 5.74) is 1.33. The molecule has 1 aliphatic rings. The summed E-state index contributed by atoms with van der Waals surface area (Å²) in [6.07, 6.45) is -0.0787. The van der Waals surface area contributed by atoms with E-state index in [0.29, 0.717) is 5.69 Å². The molecule has 0 spiro atoms. The highest BCUT2D eigenvalue weighted by atomic mass is 32.2. The summed E-state index contributed by atoms with van der Waals surface area (Å²) in [7, 11) is -3.65. The fraction of sp³-hybridized carbons (Fsp3) is 0.462. The Morgan fingerprint density at radius 3 is 2.70 bits per heavy atom. The smallest absolute Gasteiger partial charge is 0.304 e. The van der Waals surface area contributed by atoms with Crippen LogP contribution >= 0.6 is 0 Å². The first kappa shape index (κ1) is 14.8. The molecule has 7 heteroatoms. The van der Waals surface area contributed by atoms with E-state index in [-0.39, 0.29) is 24.9 Å². The molecule has 20 heavy (non-hydrogen) atoms. The van der Waals surface area contributed by atoms with Crippen molar-refractivity contribution in [1.82, 2.24) is 4.72 Å². The van der Waals surface area contributed by atoms with Gasteiger partial charge in [-0.3, -0.25) is 9.10 Å². The van der Waals surface area contributed by atoms with E-state index in [1.807, 2.05) is 0 Å². The predicted octanol–water partition coefficient (Wildman–Crippen LogP) is 1.31. The molecule has 0 radical (unpaired) electrons. The van der Waals surface area contributed by atoms with Gasteiger partial charge >= 0.3 is 16.2 Å². The average Bonchev–Trinajstić information content (AvgIpc) is 2.67. The SMILES string of the molecule is CC(C)NS(=O)(=O)N1CC(CC(=O)O)c2ccccc21. The maximum absolute atomic E-state index is 12.3. The third-order valence-corrected chi connectivity index (χ3v) is 4.82. The van der Waals surface area contributed by atoms with Crippen molar-refractivity contribution in [1.29, 1.82) is 0 Å². The maximum atomic E-state index is 12.3. The van der Waals surface area contributed by atoms with E-state index < -0.39 is 16.2 Å². The van der Waals surface area contributed by atoms with Crippen LogP contribution in [0.3, 0.4) is 0 Å². The average molecular weight is 298 g/mol. The van der Waals surface area contributed by atoms with Crippen LogP contribution < -0.4 is 9.03 Å². The fourth-order valence-electron chi connectivity index (χ4n) is 2.43. The third kappa shape index (κ3) is 2.94. The number of fused-ring (bicyclic) bond motifs is 1. The number of anilines is 1. The van der Waals surface area contributed by atoms with Crippen molar-refractivity contribution in [2.45, 2.75) is 32.2 Å². The van der Waals surface area contributed by atoms with Gasteiger partial charge in [0.15, 0.2) is 0 Å². The van der Waals surface area contributed by atoms with Crippen LogP contribution in [0.2, 0.25) is 0 Å². The summed E-state index contributed by atoms with van der Waals surface area (Å²) >= 11 is 0. The summed E-state index contributed by atoms with van der Waals surface area (Å²) in [5.74, 6) is -1.24. The monoisotopic (exact) mass is 298 g/mol. The topological polar surface area (TPSA) is 86.7 Å². The number of nitrogens with zero attached hydrogens (tertiary/aromatic N) is 1. The van der Waals surface area contributed by atoms with Crippen LogP contribution in [-0.4, -0.2) is 32.1 Å². The number of rotatable bonds is 5. The Morgan fingerprint density at radius 1 is 1.45 bits per heavy atom. The van der Waals surface area contributed by atoms with E-state index in [4.69, 9.17) is 5.11 Å². The van der Waals surface area contributed by atoms with E-state index >= 15 is 0 Å². The molecule has 0 aromatic heterocycles. The van der Waals surface area contributed by atoms with Gasteiger partial charge in [-0.2, -0.15) is 13.1 Å². The molecule has 6 nitrogen and oxygen atoms in total. The number of para-hydroxylation sites is 1. The molecule has 2 rings (SSSR count). The molecular formula is C13H18N2O4S. The molecular weight excluding hydrogens is 280 g/mol. The number of carboxylic acids is 1. The normalized spacial score (nSPS) is 18.4. The lowest BCUT2D eigenvalue weighted by atomic mass is 9.98. The number of carboxylic acid groups (broad SMARTS) is 1. The van der Waals surface area contributed by atoms with Crippen LogP contribution in [-0.2, 0) is 15.0 Å². The first-order valence-electron chi connectivity index (χ1n) is 6.42. The van der Waals surface area contributed by atoms with Crippen LogP contribution in [0.4, 0.5) is 5.69 Å². The summed E-state index contributed by atoms with van der Waals surface area (Å²) < 4.78 is 28.4. The van der Waals surface area contributed by atoms with Crippen molar-refractivity contribution >= 4 is 21.9 Å². The minimum atomic E-state index is -3.65. The molecule has 1 aliphatic heterocycles. The molecule has 0 amide bonds. The quantitative estimate of drug-likeness (QED) is 0.858. The lowest BCUT2D eigenvalue weighted by molar-refractivity contribution is -0.137. The number of hydrogen-bond donors (Lipinski definition) is 2. The number of benzene rings is 1. The summed E-state index contributed by atoms with van der Waals surface area (Å²) in [4.78, 5) is 10.9. The van der Waals surface area contributed by atoms with E-state index in [9.17, 15) is 13.2 Å². The van der Waals surface area contributed by atoms with Gasteiger partial charge in [0, 0.05) is 18.5 Å². The molecule has 0 fully saturated rings. The minimum absolute atomic E-state index is 0.0787. The van der Waals surface area contributed by atoms with Crippen molar-refractivity contribution in [3.05, 3.63) is 29.8 Å². The lowest BCUT2D eigenvalue weighted by Gasteiger charge is -2.21. The Hall–Kier alpha value is -1.60. The molecule has 1 aromatic rings. The van der Waals surface area contributed by atoms with Gasteiger partial charge in [0.25, 0.3) is 0 Å². The molecule has 0 saturated heterocycles. The summed E-state index contributed by atoms with van der Waals surface area (Å²) in [6.45, 7) is 3.65. The first-order chi connectivity index (χ1) is 9.31. The van der Waals surface area contributed by atoms with Crippen LogP contribution in [0.25, 0.3) is 0 Å². The van der Waals surface area contributed by atoms with Gasteiger partial charge in [0.2, 0.25) is 0 Å². The van der Waals surface area contributed by atoms with Gasteiger partial charge in [-0.05, 0) is 25.5 Å². The van der Waals surface area contributed by atoms with Gasteiger partial charge < -0.3 is 5.11 Å². The molecule has 1 unspecified atom stereocenters. The standard InChI is InChI=1S/C13H18N2O4S/c1-9(2)14-20(18,19)15-8-10(7-13(16)17)11-5-3-4-6-12(11)15/h3-6,9-10,14H,7-8H2,1-2H3,(H,16,17). The molecule has 110 valence electrons. The predicted molar refractivity (Wildman–Crippen MR) is 76.0 cm³/mol. The second-order valence-corrected chi connectivity index (χ2v) is 6.79. The van der Waals surface area contributed by atoms with Gasteiger partial charge in [-0.15, -0.1) is 0 Å². The Morgan fingerprint density at radius 2 is 2.10 bits per heavy atom. The van der Waals surface area contributed by atoms with Crippen molar-refractivity contribution in [3.8, 4) is 0 Å². The first-order valence-corrected chi connectivity index (χ1v) is 7.86. The van der Waals surface area contributed by atoms with E-state index in [1.54, 1.807) is 38.1 Å². The van der Waals surface area contributed by atoms with Crippen LogP contribution in [0.5, 0.6) is 0 Å². The highest BCUT2D eigenvalue weighted by Gasteiger charge is 2.36.